The van der Waals surface area contributed by atoms with Crippen LogP contribution in [-0.2, 0) is 14.3 Å². The van der Waals surface area contributed by atoms with E-state index in [1.165, 1.54) is 24.3 Å². The molecule has 1 aromatic rings. The largest absolute Gasteiger partial charge is 0.481 e. The van der Waals surface area contributed by atoms with Gasteiger partial charge in [0.25, 0.3) is 0 Å². The van der Waals surface area contributed by atoms with Gasteiger partial charge in [-0.25, -0.2) is 0 Å². The first-order valence-corrected chi connectivity index (χ1v) is 7.90. The van der Waals surface area contributed by atoms with Crippen molar-refractivity contribution in [2.24, 2.45) is 0 Å². The molecule has 0 aromatic heterocycles. The number of carbonyl (C=O) groups excluding carboxylic acids is 1. The standard InChI is InChI=1S/C16H21NO9/c18-7-10-13(22)14(23)15(24)16(26-10)25-9-3-1-8(2-4-9)17-11(19)5-6-12(20)21/h1-4,10,13-16,18,22-24H,5-7H2,(H,17,19)(H,20,21)/t10-,13-,14+,15-,16+/m1/s1. The molecule has 5 atom stereocenters. The molecule has 1 fully saturated rings. The van der Waals surface area contributed by atoms with Crippen LogP contribution < -0.4 is 10.1 Å². The zero-order valence-corrected chi connectivity index (χ0v) is 13.7. The summed E-state index contributed by atoms with van der Waals surface area (Å²) in [6.07, 6.45) is -7.35. The third-order valence-electron chi connectivity index (χ3n) is 3.80. The summed E-state index contributed by atoms with van der Waals surface area (Å²) in [5.41, 5.74) is 0.418. The minimum atomic E-state index is -1.54. The second-order valence-electron chi connectivity index (χ2n) is 5.78. The van der Waals surface area contributed by atoms with E-state index in [0.29, 0.717) is 5.69 Å². The summed E-state index contributed by atoms with van der Waals surface area (Å²) < 4.78 is 10.6. The first kappa shape index (κ1) is 20.1. The van der Waals surface area contributed by atoms with Gasteiger partial charge in [0.1, 0.15) is 30.2 Å². The van der Waals surface area contributed by atoms with Gasteiger partial charge in [0, 0.05) is 12.1 Å². The molecular weight excluding hydrogens is 350 g/mol. The molecule has 10 heteroatoms. The highest BCUT2D eigenvalue weighted by molar-refractivity contribution is 5.92. The molecule has 1 heterocycles. The molecule has 10 nitrogen and oxygen atoms in total. The predicted molar refractivity (Wildman–Crippen MR) is 86.3 cm³/mol. The van der Waals surface area contributed by atoms with E-state index in [0.717, 1.165) is 0 Å². The number of hydrogen-bond acceptors (Lipinski definition) is 8. The molecule has 2 rings (SSSR count). The molecule has 6 N–H and O–H groups in total. The Morgan fingerprint density at radius 1 is 1.04 bits per heavy atom. The zero-order chi connectivity index (χ0) is 19.3. The number of hydrogen-bond donors (Lipinski definition) is 6. The van der Waals surface area contributed by atoms with E-state index < -0.39 is 49.2 Å². The van der Waals surface area contributed by atoms with Gasteiger partial charge in [0.05, 0.1) is 13.0 Å². The van der Waals surface area contributed by atoms with E-state index in [1.807, 2.05) is 0 Å². The summed E-state index contributed by atoms with van der Waals surface area (Å²) in [6.45, 7) is -0.563. The van der Waals surface area contributed by atoms with E-state index >= 15 is 0 Å². The molecular formula is C16H21NO9. The Labute approximate surface area is 148 Å². The SMILES string of the molecule is O=C(O)CCC(=O)Nc1ccc(O[C@H]2O[C@H](CO)[C@@H](O)[C@H](O)[C@H]2O)cc1. The summed E-state index contributed by atoms with van der Waals surface area (Å²) in [6, 6.07) is 5.93. The van der Waals surface area contributed by atoms with Crippen LogP contribution in [-0.4, -0.2) is 74.7 Å². The molecule has 1 amide bonds. The van der Waals surface area contributed by atoms with Gasteiger partial charge < -0.3 is 40.3 Å². The Morgan fingerprint density at radius 2 is 1.69 bits per heavy atom. The second-order valence-corrected chi connectivity index (χ2v) is 5.78. The number of nitrogens with one attached hydrogen (secondary N) is 1. The maximum absolute atomic E-state index is 11.6. The predicted octanol–water partition coefficient (Wildman–Crippen LogP) is -1.33. The summed E-state index contributed by atoms with van der Waals surface area (Å²) in [5.74, 6) is -1.27. The first-order chi connectivity index (χ1) is 12.3. The fourth-order valence-electron chi connectivity index (χ4n) is 2.36. The van der Waals surface area contributed by atoms with E-state index in [1.54, 1.807) is 0 Å². The number of carbonyl (C=O) groups is 2. The number of rotatable bonds is 7. The number of aliphatic hydroxyl groups is 4. The molecule has 26 heavy (non-hydrogen) atoms. The first-order valence-electron chi connectivity index (χ1n) is 7.90. The van der Waals surface area contributed by atoms with Gasteiger partial charge in [-0.1, -0.05) is 0 Å². The van der Waals surface area contributed by atoms with Crippen LogP contribution in [0.1, 0.15) is 12.8 Å². The molecule has 0 spiro atoms. The highest BCUT2D eigenvalue weighted by Gasteiger charge is 2.44. The van der Waals surface area contributed by atoms with E-state index in [2.05, 4.69) is 5.32 Å². The Morgan fingerprint density at radius 3 is 2.27 bits per heavy atom. The quantitative estimate of drug-likeness (QED) is 0.340. The summed E-state index contributed by atoms with van der Waals surface area (Å²) in [4.78, 5) is 22.0. The molecule has 0 aliphatic carbocycles. The summed E-state index contributed by atoms with van der Waals surface area (Å²) >= 11 is 0. The number of aliphatic carboxylic acids is 1. The molecule has 1 aliphatic heterocycles. The Bertz CT molecular complexity index is 619. The lowest BCUT2D eigenvalue weighted by Gasteiger charge is -2.39. The summed E-state index contributed by atoms with van der Waals surface area (Å²) in [5, 5.41) is 49.5. The fraction of sp³-hybridized carbons (Fsp3) is 0.500. The lowest BCUT2D eigenvalue weighted by molar-refractivity contribution is -0.277. The highest BCUT2D eigenvalue weighted by atomic mass is 16.7. The Kier molecular flexibility index (Phi) is 6.89. The lowest BCUT2D eigenvalue weighted by Crippen LogP contribution is -2.60. The maximum Gasteiger partial charge on any atom is 0.303 e. The molecule has 144 valence electrons. The van der Waals surface area contributed by atoms with Crippen molar-refractivity contribution in [3.63, 3.8) is 0 Å². The minimum Gasteiger partial charge on any atom is -0.481 e. The van der Waals surface area contributed by atoms with Crippen LogP contribution in [0.15, 0.2) is 24.3 Å². The van der Waals surface area contributed by atoms with E-state index in [-0.39, 0.29) is 18.6 Å². The minimum absolute atomic E-state index is 0.154. The van der Waals surface area contributed by atoms with Crippen LogP contribution >= 0.6 is 0 Å². The van der Waals surface area contributed by atoms with Gasteiger partial charge in [-0.05, 0) is 24.3 Å². The van der Waals surface area contributed by atoms with Crippen LogP contribution in [0.4, 0.5) is 5.69 Å². The molecule has 0 unspecified atom stereocenters. The van der Waals surface area contributed by atoms with E-state index in [9.17, 15) is 24.9 Å². The second kappa shape index (κ2) is 8.92. The number of benzene rings is 1. The molecule has 0 saturated carbocycles. The third kappa shape index (κ3) is 5.13. The number of carboxylic acid groups (broad SMARTS) is 1. The van der Waals surface area contributed by atoms with Crippen LogP contribution in [0.2, 0.25) is 0 Å². The van der Waals surface area contributed by atoms with Gasteiger partial charge in [-0.15, -0.1) is 0 Å². The van der Waals surface area contributed by atoms with Crippen molar-refractivity contribution >= 4 is 17.6 Å². The van der Waals surface area contributed by atoms with Crippen molar-refractivity contribution in [3.8, 4) is 5.75 Å². The normalized spacial score (nSPS) is 28.4. The van der Waals surface area contributed by atoms with Crippen molar-refractivity contribution < 1.29 is 44.6 Å². The monoisotopic (exact) mass is 371 g/mol. The highest BCUT2D eigenvalue weighted by Crippen LogP contribution is 2.25. The zero-order valence-electron chi connectivity index (χ0n) is 13.7. The summed E-state index contributed by atoms with van der Waals surface area (Å²) in [7, 11) is 0. The molecule has 1 aliphatic rings. The van der Waals surface area contributed by atoms with Crippen molar-refractivity contribution in [2.45, 2.75) is 43.5 Å². The Hall–Kier alpha value is -2.24. The van der Waals surface area contributed by atoms with Crippen LogP contribution in [0, 0.1) is 0 Å². The van der Waals surface area contributed by atoms with Gasteiger partial charge in [-0.2, -0.15) is 0 Å². The number of carboxylic acids is 1. The average molecular weight is 371 g/mol. The van der Waals surface area contributed by atoms with Crippen molar-refractivity contribution in [3.05, 3.63) is 24.3 Å². The molecule has 0 bridgehead atoms. The maximum atomic E-state index is 11.6. The number of ether oxygens (including phenoxy) is 2. The molecule has 1 aromatic carbocycles. The van der Waals surface area contributed by atoms with Gasteiger partial charge in [0.15, 0.2) is 0 Å². The molecule has 0 radical (unpaired) electrons. The number of amides is 1. The van der Waals surface area contributed by atoms with Crippen LogP contribution in [0.3, 0.4) is 0 Å². The smallest absolute Gasteiger partial charge is 0.303 e. The topological polar surface area (TPSA) is 166 Å². The molecule has 1 saturated heterocycles. The van der Waals surface area contributed by atoms with Crippen molar-refractivity contribution in [1.82, 2.24) is 0 Å². The van der Waals surface area contributed by atoms with Gasteiger partial charge in [-0.3, -0.25) is 9.59 Å². The number of aliphatic hydroxyl groups excluding tert-OH is 4. The van der Waals surface area contributed by atoms with Gasteiger partial charge >= 0.3 is 5.97 Å². The lowest BCUT2D eigenvalue weighted by atomic mass is 9.99. The van der Waals surface area contributed by atoms with E-state index in [4.69, 9.17) is 19.7 Å². The average Bonchev–Trinajstić information content (AvgIpc) is 2.62. The number of anilines is 1. The van der Waals surface area contributed by atoms with Crippen LogP contribution in [0.5, 0.6) is 5.75 Å². The van der Waals surface area contributed by atoms with Gasteiger partial charge in [0.2, 0.25) is 12.2 Å². The Balaban J connectivity index is 1.94. The van der Waals surface area contributed by atoms with Crippen LogP contribution in [0.25, 0.3) is 0 Å². The third-order valence-corrected chi connectivity index (χ3v) is 3.80. The fourth-order valence-corrected chi connectivity index (χ4v) is 2.36. The van der Waals surface area contributed by atoms with Crippen molar-refractivity contribution in [1.29, 1.82) is 0 Å². The van der Waals surface area contributed by atoms with Crippen molar-refractivity contribution in [2.75, 3.05) is 11.9 Å².